The molecular formula is C47H76FN11O13. The summed E-state index contributed by atoms with van der Waals surface area (Å²) in [6.45, 7) is 22.9. The Labute approximate surface area is 419 Å². The lowest BCUT2D eigenvalue weighted by Crippen LogP contribution is -2.67. The van der Waals surface area contributed by atoms with Gasteiger partial charge < -0.3 is 61.7 Å². The normalized spacial score (nSPS) is 16.0. The molecule has 404 valence electrons. The molecule has 0 aliphatic carbocycles. The summed E-state index contributed by atoms with van der Waals surface area (Å²) in [6.07, 6.45) is -3.70. The van der Waals surface area contributed by atoms with Gasteiger partial charge in [-0.3, -0.25) is 33.6 Å². The topological polar surface area (TPSA) is 346 Å². The van der Waals surface area contributed by atoms with Crippen LogP contribution in [0, 0.1) is 5.82 Å². The number of carboxylic acid groups (broad SMARTS) is 1. The highest BCUT2D eigenvalue weighted by Crippen LogP contribution is 2.21. The minimum absolute atomic E-state index is 0.0367. The third-order valence-corrected chi connectivity index (χ3v) is 9.86. The smallest absolute Gasteiger partial charge is 0.326 e. The van der Waals surface area contributed by atoms with Crippen LogP contribution in [0.2, 0.25) is 0 Å². The summed E-state index contributed by atoms with van der Waals surface area (Å²) in [6, 6.07) is -2.41. The highest BCUT2D eigenvalue weighted by molar-refractivity contribution is 5.99. The zero-order valence-corrected chi connectivity index (χ0v) is 44.0. The van der Waals surface area contributed by atoms with Gasteiger partial charge in [0.2, 0.25) is 35.4 Å². The van der Waals surface area contributed by atoms with Crippen molar-refractivity contribution in [1.82, 2.24) is 52.5 Å². The van der Waals surface area contributed by atoms with Crippen molar-refractivity contribution in [1.29, 1.82) is 0 Å². The van der Waals surface area contributed by atoms with E-state index in [1.807, 2.05) is 0 Å². The van der Waals surface area contributed by atoms with E-state index in [0.29, 0.717) is 0 Å². The van der Waals surface area contributed by atoms with Crippen LogP contribution in [0.3, 0.4) is 0 Å². The van der Waals surface area contributed by atoms with Crippen molar-refractivity contribution in [3.8, 4) is 0 Å². The van der Waals surface area contributed by atoms with Gasteiger partial charge in [0, 0.05) is 12.8 Å². The number of nitrogens with zero attached hydrogens (tertiary/aromatic N) is 3. The minimum Gasteiger partial charge on any atom is -0.480 e. The second-order valence-corrected chi connectivity index (χ2v) is 21.5. The first-order valence-electron chi connectivity index (χ1n) is 23.3. The summed E-state index contributed by atoms with van der Waals surface area (Å²) in [7, 11) is 0. The Morgan fingerprint density at radius 2 is 1.28 bits per heavy atom. The van der Waals surface area contributed by atoms with Gasteiger partial charge in [-0.25, -0.2) is 9.18 Å². The fourth-order valence-corrected chi connectivity index (χ4v) is 6.78. The predicted molar refractivity (Wildman–Crippen MR) is 258 cm³/mol. The lowest BCUT2D eigenvalue weighted by atomic mass is 9.90. The van der Waals surface area contributed by atoms with Crippen molar-refractivity contribution in [2.24, 2.45) is 5.73 Å². The fraction of sp³-hybridized carbons (Fsp3) is 0.681. The van der Waals surface area contributed by atoms with E-state index < -0.39 is 150 Å². The van der Waals surface area contributed by atoms with E-state index in [4.69, 9.17) is 24.7 Å². The molecule has 0 spiro atoms. The number of halogens is 1. The molecule has 0 aliphatic rings. The molecule has 8 atom stereocenters. The molecule has 10 N–H and O–H groups in total. The molecule has 0 unspecified atom stereocenters. The van der Waals surface area contributed by atoms with Gasteiger partial charge in [-0.05, 0) is 115 Å². The van der Waals surface area contributed by atoms with Gasteiger partial charge in [0.1, 0.15) is 41.1 Å². The number of benzene rings is 1. The first-order chi connectivity index (χ1) is 32.9. The number of rotatable bonds is 25. The first-order valence-corrected chi connectivity index (χ1v) is 23.3. The molecule has 0 fully saturated rings. The van der Waals surface area contributed by atoms with Gasteiger partial charge >= 0.3 is 11.9 Å². The number of aromatic nitrogens is 4. The van der Waals surface area contributed by atoms with Crippen molar-refractivity contribution in [2.75, 3.05) is 13.2 Å². The van der Waals surface area contributed by atoms with Crippen LogP contribution < -0.4 is 37.6 Å². The van der Waals surface area contributed by atoms with Gasteiger partial charge in [-0.15, -0.1) is 10.2 Å². The predicted octanol–water partition coefficient (Wildman–Crippen LogP) is 0.420. The molecule has 72 heavy (non-hydrogen) atoms. The Kier molecular flexibility index (Phi) is 22.3. The number of ether oxygens (including phenoxy) is 4. The molecule has 0 aliphatic heterocycles. The SMILES string of the molecule is C[C@@H](OC(C)(C)C)[C@H](NC(=O)CNC(=O)[C@@H](N)Cc1nn[nH]n1)C(=O)N[C@@](C)(Cc1ccccc1F)C(=O)N[C@H](C(=O)N[C@@H](COC(C)(C)C)C(=O)N[C@@H](CC(=O)OC(C)(C)C)C(=O)O)[C@@H](C)OC(C)(C)C. The zero-order chi connectivity index (χ0) is 55.2. The molecule has 6 amide bonds. The van der Waals surface area contributed by atoms with Crippen molar-refractivity contribution in [2.45, 2.75) is 193 Å². The number of hydrogen-bond acceptors (Lipinski definition) is 16. The van der Waals surface area contributed by atoms with Crippen LogP contribution in [0.25, 0.3) is 0 Å². The highest BCUT2D eigenvalue weighted by atomic mass is 19.1. The highest BCUT2D eigenvalue weighted by Gasteiger charge is 2.44. The summed E-state index contributed by atoms with van der Waals surface area (Å²) in [5.74, 6) is -8.85. The number of hydrogen-bond donors (Lipinski definition) is 9. The van der Waals surface area contributed by atoms with E-state index in [1.54, 1.807) is 83.1 Å². The number of carboxylic acids is 1. The Hall–Kier alpha value is -6.18. The second-order valence-electron chi connectivity index (χ2n) is 21.5. The van der Waals surface area contributed by atoms with Crippen molar-refractivity contribution in [3.05, 3.63) is 41.5 Å². The van der Waals surface area contributed by atoms with E-state index in [9.17, 15) is 43.5 Å². The van der Waals surface area contributed by atoms with Crippen LogP contribution in [0.4, 0.5) is 4.39 Å². The van der Waals surface area contributed by atoms with E-state index >= 15 is 4.39 Å². The summed E-state index contributed by atoms with van der Waals surface area (Å²) < 4.78 is 38.8. The summed E-state index contributed by atoms with van der Waals surface area (Å²) in [5.41, 5.74) is 0.0908. The number of carbonyl (C=O) groups excluding carboxylic acids is 7. The number of H-pyrrole nitrogens is 1. The van der Waals surface area contributed by atoms with Gasteiger partial charge in [-0.1, -0.05) is 23.4 Å². The number of amides is 6. The molecule has 1 aromatic heterocycles. The molecule has 2 rings (SSSR count). The first kappa shape index (κ1) is 61.9. The molecule has 24 nitrogen and oxygen atoms in total. The molecule has 0 bridgehead atoms. The molecule has 1 heterocycles. The Morgan fingerprint density at radius 3 is 1.78 bits per heavy atom. The molecular weight excluding hydrogens is 946 g/mol. The van der Waals surface area contributed by atoms with Gasteiger partial charge in [0.25, 0.3) is 0 Å². The molecule has 0 radical (unpaired) electrons. The van der Waals surface area contributed by atoms with Gasteiger partial charge in [-0.2, -0.15) is 5.21 Å². The molecule has 2 aromatic rings. The lowest BCUT2D eigenvalue weighted by Gasteiger charge is -2.37. The van der Waals surface area contributed by atoms with Gasteiger partial charge in [0.15, 0.2) is 5.82 Å². The number of nitrogens with two attached hydrogens (primary N) is 1. The Bertz CT molecular complexity index is 2190. The Balaban J connectivity index is 2.61. The molecule has 0 saturated heterocycles. The number of nitrogens with one attached hydrogen (secondary N) is 7. The maximum Gasteiger partial charge on any atom is 0.326 e. The van der Waals surface area contributed by atoms with Crippen molar-refractivity contribution >= 4 is 47.4 Å². The van der Waals surface area contributed by atoms with Crippen molar-refractivity contribution in [3.63, 3.8) is 0 Å². The third kappa shape index (κ3) is 22.5. The zero-order valence-electron chi connectivity index (χ0n) is 44.0. The van der Waals surface area contributed by atoms with Crippen LogP contribution in [-0.4, -0.2) is 157 Å². The van der Waals surface area contributed by atoms with E-state index in [-0.39, 0.29) is 17.8 Å². The molecule has 0 saturated carbocycles. The standard InChI is InChI=1S/C47H76FN11O13/c1-25(70-44(6,7)8)35(39(64)52-31(24-69-43(3,4)5)38(63)51-30(41(66)67)21-34(61)72-46(12,13)14)54-42(68)47(15,22-27-18-16-17-19-28(27)48)55-40(65)36(26(2)71-45(9,10)11)53-33(60)23-50-37(62)29(49)20-32-56-58-59-57-32/h16-19,25-26,29-31,35-36H,20-24,49H2,1-15H3,(H,50,62)(H,51,63)(H,52,64)(H,53,60)(H,54,68)(H,55,65)(H,66,67)(H,56,57,58,59)/t25-,26-,29+,30+,31+,35+,36+,47+/m1/s1. The van der Waals surface area contributed by atoms with E-state index in [1.165, 1.54) is 39.0 Å². The largest absolute Gasteiger partial charge is 0.480 e. The van der Waals surface area contributed by atoms with Crippen LogP contribution in [0.5, 0.6) is 0 Å². The molecule has 1 aromatic carbocycles. The van der Waals surface area contributed by atoms with Gasteiger partial charge in [0.05, 0.1) is 54.6 Å². The monoisotopic (exact) mass is 1020 g/mol. The maximum atomic E-state index is 15.5. The summed E-state index contributed by atoms with van der Waals surface area (Å²) in [5, 5.41) is 38.1. The summed E-state index contributed by atoms with van der Waals surface area (Å²) >= 11 is 0. The van der Waals surface area contributed by atoms with Crippen LogP contribution in [0.15, 0.2) is 24.3 Å². The number of tetrazole rings is 1. The summed E-state index contributed by atoms with van der Waals surface area (Å²) in [4.78, 5) is 109. The fourth-order valence-electron chi connectivity index (χ4n) is 6.78. The average molecular weight is 1020 g/mol. The third-order valence-electron chi connectivity index (χ3n) is 9.86. The van der Waals surface area contributed by atoms with Crippen molar-refractivity contribution < 1.29 is 66.8 Å². The average Bonchev–Trinajstić information content (AvgIpc) is 3.73. The molecule has 25 heteroatoms. The number of carbonyl (C=O) groups is 8. The maximum absolute atomic E-state index is 15.5. The second kappa shape index (κ2) is 26.0. The quantitative estimate of drug-likeness (QED) is 0.0609. The Morgan fingerprint density at radius 1 is 0.722 bits per heavy atom. The lowest BCUT2D eigenvalue weighted by molar-refractivity contribution is -0.159. The number of esters is 1. The van der Waals surface area contributed by atoms with Crippen LogP contribution >= 0.6 is 0 Å². The van der Waals surface area contributed by atoms with Crippen LogP contribution in [-0.2, 0) is 70.1 Å². The number of aliphatic carboxylic acids is 1. The van der Waals surface area contributed by atoms with Crippen LogP contribution in [0.1, 0.15) is 122 Å². The minimum atomic E-state index is -2.15. The number of aromatic amines is 1. The van der Waals surface area contributed by atoms with E-state index in [0.717, 1.165) is 6.07 Å². The van der Waals surface area contributed by atoms with E-state index in [2.05, 4.69) is 52.5 Å².